The largest absolute Gasteiger partial charge is 0.484 e. The summed E-state index contributed by atoms with van der Waals surface area (Å²) in [6.07, 6.45) is 5.53. The van der Waals surface area contributed by atoms with Gasteiger partial charge in [-0.05, 0) is 49.9 Å². The second kappa shape index (κ2) is 6.39. The highest BCUT2D eigenvalue weighted by Gasteiger charge is 2.68. The summed E-state index contributed by atoms with van der Waals surface area (Å²) in [7, 11) is 0. The zero-order valence-corrected chi connectivity index (χ0v) is 15.5. The third kappa shape index (κ3) is 3.40. The van der Waals surface area contributed by atoms with Crippen LogP contribution in [0.2, 0.25) is 5.02 Å². The van der Waals surface area contributed by atoms with E-state index in [1.807, 2.05) is 19.1 Å². The molecular weight excluding hydrogens is 366 g/mol. The molecule has 1 aromatic carbocycles. The fourth-order valence-corrected chi connectivity index (χ4v) is 4.08. The molecule has 3 aliphatic rings. The van der Waals surface area contributed by atoms with Crippen LogP contribution in [0, 0.1) is 18.3 Å². The van der Waals surface area contributed by atoms with E-state index < -0.39 is 0 Å². The monoisotopic (exact) mass is 383 g/mol. The number of hydrogen-bond donors (Lipinski definition) is 2. The van der Waals surface area contributed by atoms with Crippen LogP contribution >= 0.6 is 11.6 Å². The average Bonchev–Trinajstić information content (AvgIpc) is 2.60. The molecular formula is C19H18ClN5O2. The second-order valence-corrected chi connectivity index (χ2v) is 7.77. The van der Waals surface area contributed by atoms with Gasteiger partial charge in [0.05, 0.1) is 12.4 Å². The minimum Gasteiger partial charge on any atom is -0.484 e. The fraction of sp³-hybridized carbons (Fsp3) is 0.368. The van der Waals surface area contributed by atoms with Gasteiger partial charge in [0.15, 0.2) is 12.3 Å². The van der Waals surface area contributed by atoms with Gasteiger partial charge in [0.1, 0.15) is 17.6 Å². The van der Waals surface area contributed by atoms with Crippen LogP contribution in [0.15, 0.2) is 30.6 Å². The van der Waals surface area contributed by atoms with Crippen LogP contribution in [0.5, 0.6) is 5.75 Å². The van der Waals surface area contributed by atoms with Crippen molar-refractivity contribution < 1.29 is 9.53 Å². The lowest BCUT2D eigenvalue weighted by molar-refractivity contribution is -0.135. The van der Waals surface area contributed by atoms with Crippen LogP contribution in [0.1, 0.15) is 30.5 Å². The Labute approximate surface area is 161 Å². The van der Waals surface area contributed by atoms with E-state index in [0.717, 1.165) is 24.8 Å². The van der Waals surface area contributed by atoms with Crippen molar-refractivity contribution in [3.63, 3.8) is 0 Å². The lowest BCUT2D eigenvalue weighted by Crippen LogP contribution is -2.81. The van der Waals surface area contributed by atoms with Crippen molar-refractivity contribution in [2.45, 2.75) is 37.3 Å². The summed E-state index contributed by atoms with van der Waals surface area (Å²) in [5.74, 6) is 1.14. The number of benzene rings is 1. The summed E-state index contributed by atoms with van der Waals surface area (Å²) in [5, 5.41) is 15.9. The number of nitrogens with one attached hydrogen (secondary N) is 2. The normalized spacial score (nSPS) is 24.8. The molecule has 3 aliphatic carbocycles. The van der Waals surface area contributed by atoms with Gasteiger partial charge in [-0.15, -0.1) is 0 Å². The maximum absolute atomic E-state index is 12.2. The highest BCUT2D eigenvalue weighted by Crippen LogP contribution is 2.61. The van der Waals surface area contributed by atoms with Crippen LogP contribution in [-0.2, 0) is 4.79 Å². The molecule has 7 nitrogen and oxygen atoms in total. The Morgan fingerprint density at radius 1 is 1.30 bits per heavy atom. The smallest absolute Gasteiger partial charge is 0.258 e. The standard InChI is InChI=1S/C19H18ClN5O2/c1-12-4-14(2-3-15(12)20)27-8-17(26)25-19-9-18(10-19,11-19)24-16-7-22-13(5-21)6-23-16/h2-4,6-7H,8-11H2,1H3,(H,23,24)(H,25,26). The van der Waals surface area contributed by atoms with Gasteiger partial charge in [-0.3, -0.25) is 4.79 Å². The van der Waals surface area contributed by atoms with Gasteiger partial charge in [-0.1, -0.05) is 11.6 Å². The summed E-state index contributed by atoms with van der Waals surface area (Å²) in [6.45, 7) is 1.87. The van der Waals surface area contributed by atoms with Gasteiger partial charge in [0.2, 0.25) is 0 Å². The summed E-state index contributed by atoms with van der Waals surface area (Å²) in [4.78, 5) is 20.4. The molecule has 1 heterocycles. The van der Waals surface area contributed by atoms with Crippen molar-refractivity contribution in [3.8, 4) is 11.8 Å². The number of nitriles is 1. The lowest BCUT2D eigenvalue weighted by atomic mass is 9.44. The Bertz CT molecular complexity index is 918. The predicted molar refractivity (Wildman–Crippen MR) is 99.5 cm³/mol. The van der Waals surface area contributed by atoms with Gasteiger partial charge in [-0.25, -0.2) is 9.97 Å². The molecule has 1 aromatic heterocycles. The number of ether oxygens (including phenoxy) is 1. The molecule has 5 rings (SSSR count). The van der Waals surface area contributed by atoms with E-state index in [1.165, 1.54) is 6.20 Å². The molecule has 0 atom stereocenters. The minimum absolute atomic E-state index is 0.0235. The molecule has 8 heteroatoms. The van der Waals surface area contributed by atoms with E-state index in [2.05, 4.69) is 20.6 Å². The Morgan fingerprint density at radius 2 is 2.07 bits per heavy atom. The Balaban J connectivity index is 1.24. The maximum atomic E-state index is 12.2. The quantitative estimate of drug-likeness (QED) is 0.795. The SMILES string of the molecule is Cc1cc(OCC(=O)NC23CC(Nc4cnc(C#N)cn4)(C2)C3)ccc1Cl. The van der Waals surface area contributed by atoms with E-state index >= 15 is 0 Å². The van der Waals surface area contributed by atoms with Crippen LogP contribution in [0.3, 0.4) is 0 Å². The van der Waals surface area contributed by atoms with Crippen LogP contribution < -0.4 is 15.4 Å². The molecule has 0 radical (unpaired) electrons. The number of aryl methyl sites for hydroxylation is 1. The Morgan fingerprint density at radius 3 is 2.70 bits per heavy atom. The molecule has 2 aromatic rings. The molecule has 0 unspecified atom stereocenters. The van der Waals surface area contributed by atoms with E-state index in [4.69, 9.17) is 21.6 Å². The molecule has 27 heavy (non-hydrogen) atoms. The van der Waals surface area contributed by atoms with Crippen LogP contribution in [0.4, 0.5) is 5.82 Å². The first kappa shape index (κ1) is 17.6. The van der Waals surface area contributed by atoms with E-state index in [1.54, 1.807) is 18.3 Å². The number of halogens is 1. The summed E-state index contributed by atoms with van der Waals surface area (Å²) >= 11 is 5.99. The molecule has 0 saturated heterocycles. The topological polar surface area (TPSA) is 99.9 Å². The fourth-order valence-electron chi connectivity index (χ4n) is 3.96. The van der Waals surface area contributed by atoms with Crippen molar-refractivity contribution in [2.24, 2.45) is 0 Å². The first-order valence-corrected chi connectivity index (χ1v) is 8.99. The van der Waals surface area contributed by atoms with Crippen molar-refractivity contribution in [1.29, 1.82) is 5.26 Å². The third-order valence-electron chi connectivity index (χ3n) is 5.09. The summed E-state index contributed by atoms with van der Waals surface area (Å²) in [6, 6.07) is 7.27. The van der Waals surface area contributed by atoms with Crippen molar-refractivity contribution >= 4 is 23.3 Å². The number of anilines is 1. The highest BCUT2D eigenvalue weighted by molar-refractivity contribution is 6.31. The Hall–Kier alpha value is -2.85. The second-order valence-electron chi connectivity index (χ2n) is 7.36. The number of hydrogen-bond acceptors (Lipinski definition) is 6. The van der Waals surface area contributed by atoms with E-state index in [9.17, 15) is 4.79 Å². The molecule has 138 valence electrons. The highest BCUT2D eigenvalue weighted by atomic mass is 35.5. The molecule has 2 bridgehead atoms. The van der Waals surface area contributed by atoms with Crippen LogP contribution in [0.25, 0.3) is 0 Å². The summed E-state index contributed by atoms with van der Waals surface area (Å²) < 4.78 is 5.55. The Kier molecular flexibility index (Phi) is 4.16. The first-order valence-electron chi connectivity index (χ1n) is 8.61. The molecule has 3 fully saturated rings. The lowest BCUT2D eigenvalue weighted by Gasteiger charge is -2.70. The first-order chi connectivity index (χ1) is 12.9. The molecule has 2 N–H and O–H groups in total. The maximum Gasteiger partial charge on any atom is 0.258 e. The molecule has 0 spiro atoms. The third-order valence-corrected chi connectivity index (χ3v) is 5.52. The van der Waals surface area contributed by atoms with Crippen molar-refractivity contribution in [1.82, 2.24) is 15.3 Å². The zero-order chi connectivity index (χ0) is 19.1. The van der Waals surface area contributed by atoms with E-state index in [-0.39, 0.29) is 29.3 Å². The molecule has 0 aliphatic heterocycles. The number of rotatable bonds is 6. The van der Waals surface area contributed by atoms with Gasteiger partial charge in [0, 0.05) is 16.1 Å². The molecule has 3 saturated carbocycles. The van der Waals surface area contributed by atoms with Crippen LogP contribution in [-0.4, -0.2) is 33.6 Å². The zero-order valence-electron chi connectivity index (χ0n) is 14.8. The summed E-state index contributed by atoms with van der Waals surface area (Å²) in [5.41, 5.74) is 1.01. The minimum atomic E-state index is -0.149. The number of amides is 1. The van der Waals surface area contributed by atoms with Gasteiger partial charge in [-0.2, -0.15) is 5.26 Å². The number of carbonyl (C=O) groups is 1. The number of nitrogens with zero attached hydrogens (tertiary/aromatic N) is 3. The number of carbonyl (C=O) groups excluding carboxylic acids is 1. The van der Waals surface area contributed by atoms with Gasteiger partial charge >= 0.3 is 0 Å². The van der Waals surface area contributed by atoms with Crippen molar-refractivity contribution in [3.05, 3.63) is 46.9 Å². The average molecular weight is 384 g/mol. The predicted octanol–water partition coefficient (Wildman–Crippen LogP) is 2.59. The van der Waals surface area contributed by atoms with Gasteiger partial charge < -0.3 is 15.4 Å². The number of aromatic nitrogens is 2. The molecule has 1 amide bonds. The van der Waals surface area contributed by atoms with Crippen molar-refractivity contribution in [2.75, 3.05) is 11.9 Å². The van der Waals surface area contributed by atoms with E-state index in [0.29, 0.717) is 16.6 Å². The van der Waals surface area contributed by atoms with Gasteiger partial charge in [0.25, 0.3) is 5.91 Å².